The predicted molar refractivity (Wildman–Crippen MR) is 112 cm³/mol. The molecule has 0 saturated heterocycles. The quantitative estimate of drug-likeness (QED) is 0.351. The summed E-state index contributed by atoms with van der Waals surface area (Å²) in [6.45, 7) is 4.15. The molecule has 0 radical (unpaired) electrons. The molecule has 1 aromatic heterocycles. The number of methoxy groups -OCH3 is 1. The van der Waals surface area contributed by atoms with E-state index in [-0.39, 0.29) is 5.91 Å². The number of nitrogens with one attached hydrogen (secondary N) is 3. The molecule has 2 aromatic rings. The molecule has 6 nitrogen and oxygen atoms in total. The monoisotopic (exact) mass is 388 g/mol. The van der Waals surface area contributed by atoms with Crippen LogP contribution in [0.3, 0.4) is 0 Å². The second-order valence-corrected chi connectivity index (χ2v) is 7.29. The van der Waals surface area contributed by atoms with E-state index in [1.807, 2.05) is 6.07 Å². The zero-order valence-electron chi connectivity index (χ0n) is 16.1. The molecule has 146 valence electrons. The molecule has 1 heterocycles. The highest BCUT2D eigenvalue weighted by Gasteiger charge is 2.07. The summed E-state index contributed by atoms with van der Waals surface area (Å²) in [5.41, 5.74) is 0.583. The molecule has 0 aliphatic heterocycles. The lowest BCUT2D eigenvalue weighted by Gasteiger charge is -2.16. The van der Waals surface area contributed by atoms with Crippen molar-refractivity contribution >= 4 is 23.2 Å². The Balaban J connectivity index is 1.66. The first-order valence-corrected chi connectivity index (χ1v) is 9.89. The molecule has 1 aromatic carbocycles. The third-order valence-electron chi connectivity index (χ3n) is 4.01. The zero-order valence-corrected chi connectivity index (χ0v) is 16.9. The van der Waals surface area contributed by atoms with Gasteiger partial charge in [-0.1, -0.05) is 19.1 Å². The van der Waals surface area contributed by atoms with Gasteiger partial charge in [0.25, 0.3) is 5.91 Å². The molecule has 1 atom stereocenters. The van der Waals surface area contributed by atoms with Crippen molar-refractivity contribution in [1.82, 2.24) is 16.0 Å². The van der Waals surface area contributed by atoms with Gasteiger partial charge in [-0.15, -0.1) is 11.3 Å². The van der Waals surface area contributed by atoms with Crippen LogP contribution in [0.2, 0.25) is 0 Å². The van der Waals surface area contributed by atoms with Gasteiger partial charge >= 0.3 is 0 Å². The number of nitrogens with zero attached hydrogens (tertiary/aromatic N) is 1. The van der Waals surface area contributed by atoms with E-state index in [2.05, 4.69) is 45.4 Å². The average Bonchev–Trinajstić information content (AvgIpc) is 3.20. The number of carbonyl (C=O) groups excluding carboxylic acids is 1. The van der Waals surface area contributed by atoms with Crippen LogP contribution in [0.5, 0.6) is 5.75 Å². The van der Waals surface area contributed by atoms with Crippen molar-refractivity contribution in [2.24, 2.45) is 10.9 Å². The van der Waals surface area contributed by atoms with E-state index in [1.54, 1.807) is 43.7 Å². The van der Waals surface area contributed by atoms with Crippen LogP contribution in [0.4, 0.5) is 0 Å². The van der Waals surface area contributed by atoms with Crippen LogP contribution in [0.15, 0.2) is 46.8 Å². The first-order chi connectivity index (χ1) is 13.1. The Morgan fingerprint density at radius 2 is 2.00 bits per heavy atom. The first kappa shape index (κ1) is 20.8. The molecule has 0 spiro atoms. The molecule has 0 saturated carbocycles. The van der Waals surface area contributed by atoms with Gasteiger partial charge in [0.15, 0.2) is 5.96 Å². The topological polar surface area (TPSA) is 74.8 Å². The average molecular weight is 389 g/mol. The summed E-state index contributed by atoms with van der Waals surface area (Å²) in [4.78, 5) is 17.8. The number of rotatable bonds is 9. The van der Waals surface area contributed by atoms with Gasteiger partial charge < -0.3 is 20.7 Å². The molecule has 0 fully saturated rings. The van der Waals surface area contributed by atoms with Gasteiger partial charge in [-0.05, 0) is 42.0 Å². The Labute approximate surface area is 165 Å². The standard InChI is InChI=1S/C20H28N4O2S/c1-15(12-18-8-5-11-27-18)14-24-20(21-2)23-10-9-22-19(25)16-6-4-7-17(13-16)26-3/h4-8,11,13,15H,9-10,12,14H2,1-3H3,(H,22,25)(H2,21,23,24). The van der Waals surface area contributed by atoms with Crippen molar-refractivity contribution in [3.63, 3.8) is 0 Å². The van der Waals surface area contributed by atoms with Crippen molar-refractivity contribution in [2.45, 2.75) is 13.3 Å². The van der Waals surface area contributed by atoms with Crippen molar-refractivity contribution < 1.29 is 9.53 Å². The van der Waals surface area contributed by atoms with Crippen LogP contribution in [0.25, 0.3) is 0 Å². The number of benzene rings is 1. The number of aliphatic imine (C=N–C) groups is 1. The minimum atomic E-state index is -0.122. The zero-order chi connectivity index (χ0) is 19.5. The first-order valence-electron chi connectivity index (χ1n) is 9.01. The smallest absolute Gasteiger partial charge is 0.251 e. The highest BCUT2D eigenvalue weighted by Crippen LogP contribution is 2.14. The van der Waals surface area contributed by atoms with Crippen LogP contribution in [0, 0.1) is 5.92 Å². The Morgan fingerprint density at radius 3 is 2.70 bits per heavy atom. The molecular weight excluding hydrogens is 360 g/mol. The number of thiophene rings is 1. The third-order valence-corrected chi connectivity index (χ3v) is 4.90. The third kappa shape index (κ3) is 7.30. The second-order valence-electron chi connectivity index (χ2n) is 6.26. The number of carbonyl (C=O) groups is 1. The Hall–Kier alpha value is -2.54. The van der Waals surface area contributed by atoms with Gasteiger partial charge in [0, 0.05) is 37.1 Å². The lowest BCUT2D eigenvalue weighted by molar-refractivity contribution is 0.0954. The SMILES string of the molecule is CN=C(NCCNC(=O)c1cccc(OC)c1)NCC(C)Cc1cccs1. The van der Waals surface area contributed by atoms with Gasteiger partial charge in [-0.2, -0.15) is 0 Å². The van der Waals surface area contributed by atoms with E-state index in [4.69, 9.17) is 4.74 Å². The van der Waals surface area contributed by atoms with Crippen LogP contribution in [-0.2, 0) is 6.42 Å². The summed E-state index contributed by atoms with van der Waals surface area (Å²) < 4.78 is 5.14. The highest BCUT2D eigenvalue weighted by atomic mass is 32.1. The summed E-state index contributed by atoms with van der Waals surface area (Å²) in [7, 11) is 3.33. The van der Waals surface area contributed by atoms with E-state index in [1.165, 1.54) is 4.88 Å². The molecule has 1 amide bonds. The van der Waals surface area contributed by atoms with Crippen LogP contribution in [-0.4, -0.2) is 45.7 Å². The van der Waals surface area contributed by atoms with Crippen molar-refractivity contribution in [3.8, 4) is 5.75 Å². The van der Waals surface area contributed by atoms with E-state index in [9.17, 15) is 4.79 Å². The maximum atomic E-state index is 12.2. The van der Waals surface area contributed by atoms with Gasteiger partial charge in [-0.3, -0.25) is 9.79 Å². The van der Waals surface area contributed by atoms with E-state index in [0.717, 1.165) is 18.9 Å². The highest BCUT2D eigenvalue weighted by molar-refractivity contribution is 7.09. The summed E-state index contributed by atoms with van der Waals surface area (Å²) in [5, 5.41) is 11.5. The van der Waals surface area contributed by atoms with Gasteiger partial charge in [0.05, 0.1) is 7.11 Å². The fourth-order valence-corrected chi connectivity index (χ4v) is 3.43. The molecule has 0 bridgehead atoms. The summed E-state index contributed by atoms with van der Waals surface area (Å²) in [6, 6.07) is 11.3. The van der Waals surface area contributed by atoms with Crippen LogP contribution < -0.4 is 20.7 Å². The van der Waals surface area contributed by atoms with Crippen molar-refractivity contribution in [3.05, 3.63) is 52.2 Å². The number of hydrogen-bond acceptors (Lipinski definition) is 4. The van der Waals surface area contributed by atoms with E-state index >= 15 is 0 Å². The molecule has 3 N–H and O–H groups in total. The molecule has 2 rings (SSSR count). The van der Waals surface area contributed by atoms with Crippen molar-refractivity contribution in [1.29, 1.82) is 0 Å². The van der Waals surface area contributed by atoms with Gasteiger partial charge in [0.1, 0.15) is 5.75 Å². The number of guanidine groups is 1. The summed E-state index contributed by atoms with van der Waals surface area (Å²) >= 11 is 1.79. The van der Waals surface area contributed by atoms with E-state index in [0.29, 0.717) is 30.3 Å². The maximum absolute atomic E-state index is 12.2. The van der Waals surface area contributed by atoms with Gasteiger partial charge in [0.2, 0.25) is 0 Å². The normalized spacial score (nSPS) is 12.3. The molecule has 0 aliphatic rings. The minimum absolute atomic E-state index is 0.122. The minimum Gasteiger partial charge on any atom is -0.497 e. The number of ether oxygens (including phenoxy) is 1. The van der Waals surface area contributed by atoms with Crippen LogP contribution >= 0.6 is 11.3 Å². The lowest BCUT2D eigenvalue weighted by atomic mass is 10.1. The Morgan fingerprint density at radius 1 is 1.19 bits per heavy atom. The van der Waals surface area contributed by atoms with Gasteiger partial charge in [-0.25, -0.2) is 0 Å². The van der Waals surface area contributed by atoms with E-state index < -0.39 is 0 Å². The number of amides is 1. The molecule has 0 aliphatic carbocycles. The Kier molecular flexibility index (Phi) is 8.64. The fourth-order valence-electron chi connectivity index (χ4n) is 2.56. The summed E-state index contributed by atoms with van der Waals surface area (Å²) in [6.07, 6.45) is 1.05. The molecular formula is C20H28N4O2S. The predicted octanol–water partition coefficient (Wildman–Crippen LogP) is 2.53. The number of hydrogen-bond donors (Lipinski definition) is 3. The molecule has 1 unspecified atom stereocenters. The van der Waals surface area contributed by atoms with Crippen molar-refractivity contribution in [2.75, 3.05) is 33.8 Å². The fraction of sp³-hybridized carbons (Fsp3) is 0.400. The lowest BCUT2D eigenvalue weighted by Crippen LogP contribution is -2.43. The Bertz CT molecular complexity index is 731. The summed E-state index contributed by atoms with van der Waals surface area (Å²) in [5.74, 6) is 1.80. The molecule has 27 heavy (non-hydrogen) atoms. The maximum Gasteiger partial charge on any atom is 0.251 e. The second kappa shape index (κ2) is 11.2. The largest absolute Gasteiger partial charge is 0.497 e. The van der Waals surface area contributed by atoms with Crippen LogP contribution in [0.1, 0.15) is 22.2 Å². The molecule has 7 heteroatoms.